The van der Waals surface area contributed by atoms with E-state index in [0.717, 1.165) is 12.8 Å². The van der Waals surface area contributed by atoms with Crippen molar-refractivity contribution < 1.29 is 5.11 Å². The molecule has 0 aromatic heterocycles. The van der Waals surface area contributed by atoms with Gasteiger partial charge in [-0.1, -0.05) is 66.9 Å². The number of benzene rings is 1. The van der Waals surface area contributed by atoms with Crippen LogP contribution in [0.3, 0.4) is 0 Å². The average molecular weight is 333 g/mol. The molecule has 1 aromatic carbocycles. The molecular formula is C23H40O. The van der Waals surface area contributed by atoms with E-state index in [4.69, 9.17) is 0 Å². The van der Waals surface area contributed by atoms with Crippen molar-refractivity contribution in [2.45, 2.75) is 99.3 Å². The average Bonchev–Trinajstić information content (AvgIpc) is 2.49. The summed E-state index contributed by atoms with van der Waals surface area (Å²) < 4.78 is 0. The molecule has 0 saturated carbocycles. The van der Waals surface area contributed by atoms with Gasteiger partial charge in [-0.25, -0.2) is 0 Å². The van der Waals surface area contributed by atoms with Crippen molar-refractivity contribution in [2.24, 2.45) is 10.8 Å². The molecular weight excluding hydrogens is 292 g/mol. The topological polar surface area (TPSA) is 20.2 Å². The van der Waals surface area contributed by atoms with Crippen LogP contribution in [0.4, 0.5) is 0 Å². The molecule has 0 radical (unpaired) electrons. The Morgan fingerprint density at radius 2 is 1.38 bits per heavy atom. The van der Waals surface area contributed by atoms with Gasteiger partial charge in [0.2, 0.25) is 0 Å². The molecule has 138 valence electrons. The molecule has 1 nitrogen and oxygen atoms in total. The van der Waals surface area contributed by atoms with Crippen molar-refractivity contribution in [1.29, 1.82) is 0 Å². The van der Waals surface area contributed by atoms with E-state index >= 15 is 0 Å². The first kappa shape index (κ1) is 21.1. The Morgan fingerprint density at radius 3 is 1.96 bits per heavy atom. The molecule has 1 heteroatoms. The van der Waals surface area contributed by atoms with E-state index < -0.39 is 0 Å². The second-order valence-electron chi connectivity index (χ2n) is 9.45. The largest absolute Gasteiger partial charge is 0.508 e. The number of phenolic OH excluding ortho intramolecular Hbond substituents is 1. The Morgan fingerprint density at radius 1 is 0.792 bits per heavy atom. The number of hydrogen-bond donors (Lipinski definition) is 1. The molecule has 0 aliphatic carbocycles. The van der Waals surface area contributed by atoms with Gasteiger partial charge in [-0.15, -0.1) is 0 Å². The fraction of sp³-hybridized carbons (Fsp3) is 0.739. The first-order valence-electron chi connectivity index (χ1n) is 9.94. The van der Waals surface area contributed by atoms with Crippen LogP contribution in [0.15, 0.2) is 18.2 Å². The lowest BCUT2D eigenvalue weighted by Crippen LogP contribution is -2.09. The summed E-state index contributed by atoms with van der Waals surface area (Å²) in [5.41, 5.74) is 3.70. The Balaban J connectivity index is 2.49. The number of unbranched alkanes of at least 4 members (excludes halogenated alkanes) is 2. The van der Waals surface area contributed by atoms with Crippen molar-refractivity contribution in [1.82, 2.24) is 0 Å². The van der Waals surface area contributed by atoms with Crippen LogP contribution in [-0.2, 0) is 12.8 Å². The third kappa shape index (κ3) is 8.76. The molecule has 1 aromatic rings. The molecule has 0 amide bonds. The molecule has 0 fully saturated rings. The fourth-order valence-corrected chi connectivity index (χ4v) is 3.16. The van der Waals surface area contributed by atoms with Gasteiger partial charge in [0.15, 0.2) is 0 Å². The van der Waals surface area contributed by atoms with Crippen LogP contribution < -0.4 is 0 Å². The fourth-order valence-electron chi connectivity index (χ4n) is 3.16. The lowest BCUT2D eigenvalue weighted by atomic mass is 9.84. The quantitative estimate of drug-likeness (QED) is 0.446. The summed E-state index contributed by atoms with van der Waals surface area (Å²) in [5.74, 6) is 0.414. The molecule has 0 bridgehead atoms. The van der Waals surface area contributed by atoms with E-state index in [-0.39, 0.29) is 0 Å². The third-order valence-electron chi connectivity index (χ3n) is 5.32. The zero-order valence-corrected chi connectivity index (χ0v) is 17.0. The Bertz CT molecular complexity index is 479. The van der Waals surface area contributed by atoms with Gasteiger partial charge in [0.25, 0.3) is 0 Å². The molecule has 0 aliphatic rings. The predicted molar refractivity (Wildman–Crippen MR) is 107 cm³/mol. The van der Waals surface area contributed by atoms with Crippen LogP contribution in [0, 0.1) is 10.8 Å². The highest BCUT2D eigenvalue weighted by molar-refractivity contribution is 5.35. The molecule has 0 unspecified atom stereocenters. The minimum absolute atomic E-state index is 0.414. The van der Waals surface area contributed by atoms with Gasteiger partial charge in [0.1, 0.15) is 5.75 Å². The number of phenols is 1. The molecule has 0 atom stereocenters. The van der Waals surface area contributed by atoms with Crippen LogP contribution >= 0.6 is 0 Å². The maximum atomic E-state index is 9.83. The Labute approximate surface area is 150 Å². The zero-order valence-electron chi connectivity index (χ0n) is 17.0. The Hall–Kier alpha value is -0.980. The highest BCUT2D eigenvalue weighted by Gasteiger charge is 2.14. The van der Waals surface area contributed by atoms with Crippen LogP contribution in [0.5, 0.6) is 5.75 Å². The summed E-state index contributed by atoms with van der Waals surface area (Å²) in [6.45, 7) is 14.0. The number of aryl methyl sites for hydroxylation is 2. The number of hydrogen-bond acceptors (Lipinski definition) is 1. The lowest BCUT2D eigenvalue weighted by Gasteiger charge is -2.22. The standard InChI is InChI=1S/C23H40O/c1-7-23(5,6)17-11-9-12-19-14-15-21(24)18-20(19)13-8-10-16-22(2,3)4/h14-15,18,24H,7-13,16-17H2,1-6H3. The smallest absolute Gasteiger partial charge is 0.115 e. The van der Waals surface area contributed by atoms with Crippen molar-refractivity contribution in [3.63, 3.8) is 0 Å². The van der Waals surface area contributed by atoms with Gasteiger partial charge in [0.05, 0.1) is 0 Å². The summed E-state index contributed by atoms with van der Waals surface area (Å²) in [4.78, 5) is 0. The van der Waals surface area contributed by atoms with Gasteiger partial charge in [-0.3, -0.25) is 0 Å². The van der Waals surface area contributed by atoms with Crippen LogP contribution in [-0.4, -0.2) is 5.11 Å². The minimum atomic E-state index is 0.414. The first-order chi connectivity index (χ1) is 11.1. The molecule has 24 heavy (non-hydrogen) atoms. The summed E-state index contributed by atoms with van der Waals surface area (Å²) in [7, 11) is 0. The van der Waals surface area contributed by atoms with Gasteiger partial charge in [-0.05, 0) is 72.6 Å². The van der Waals surface area contributed by atoms with Gasteiger partial charge in [0, 0.05) is 0 Å². The number of rotatable bonds is 10. The van der Waals surface area contributed by atoms with E-state index in [1.54, 1.807) is 0 Å². The minimum Gasteiger partial charge on any atom is -0.508 e. The molecule has 0 saturated heterocycles. The van der Waals surface area contributed by atoms with E-state index in [0.29, 0.717) is 16.6 Å². The van der Waals surface area contributed by atoms with E-state index in [1.165, 1.54) is 56.1 Å². The first-order valence-corrected chi connectivity index (χ1v) is 9.94. The third-order valence-corrected chi connectivity index (χ3v) is 5.32. The van der Waals surface area contributed by atoms with E-state index in [1.807, 2.05) is 12.1 Å². The van der Waals surface area contributed by atoms with E-state index in [2.05, 4.69) is 47.6 Å². The van der Waals surface area contributed by atoms with Crippen molar-refractivity contribution in [3.8, 4) is 5.75 Å². The summed E-state index contributed by atoms with van der Waals surface area (Å²) >= 11 is 0. The lowest BCUT2D eigenvalue weighted by molar-refractivity contribution is 0.309. The van der Waals surface area contributed by atoms with Crippen LogP contribution in [0.25, 0.3) is 0 Å². The van der Waals surface area contributed by atoms with Gasteiger partial charge in [-0.2, -0.15) is 0 Å². The van der Waals surface area contributed by atoms with Gasteiger partial charge >= 0.3 is 0 Å². The maximum Gasteiger partial charge on any atom is 0.115 e. The highest BCUT2D eigenvalue weighted by Crippen LogP contribution is 2.28. The van der Waals surface area contributed by atoms with E-state index in [9.17, 15) is 5.11 Å². The highest BCUT2D eigenvalue weighted by atomic mass is 16.3. The van der Waals surface area contributed by atoms with Crippen LogP contribution in [0.2, 0.25) is 0 Å². The maximum absolute atomic E-state index is 9.83. The van der Waals surface area contributed by atoms with Crippen molar-refractivity contribution in [3.05, 3.63) is 29.3 Å². The monoisotopic (exact) mass is 332 g/mol. The molecule has 0 spiro atoms. The van der Waals surface area contributed by atoms with Gasteiger partial charge < -0.3 is 5.11 Å². The summed E-state index contributed by atoms with van der Waals surface area (Å²) in [5, 5.41) is 9.83. The summed E-state index contributed by atoms with van der Waals surface area (Å²) in [6.07, 6.45) is 11.1. The second-order valence-corrected chi connectivity index (χ2v) is 9.45. The zero-order chi connectivity index (χ0) is 18.2. The molecule has 1 rings (SSSR count). The van der Waals surface area contributed by atoms with Crippen LogP contribution in [0.1, 0.15) is 97.6 Å². The SMILES string of the molecule is CCC(C)(C)CCCCc1ccc(O)cc1CCCCC(C)(C)C. The predicted octanol–water partition coefficient (Wildman–Crippen LogP) is 7.30. The number of aromatic hydroxyl groups is 1. The molecule has 0 heterocycles. The summed E-state index contributed by atoms with van der Waals surface area (Å²) in [6, 6.07) is 5.98. The second kappa shape index (κ2) is 9.49. The molecule has 0 aliphatic heterocycles. The molecule has 1 N–H and O–H groups in total. The normalized spacial score (nSPS) is 12.6. The van der Waals surface area contributed by atoms with Crippen molar-refractivity contribution in [2.75, 3.05) is 0 Å². The van der Waals surface area contributed by atoms with Crippen molar-refractivity contribution >= 4 is 0 Å². The Kier molecular flexibility index (Phi) is 8.33.